The summed E-state index contributed by atoms with van der Waals surface area (Å²) < 4.78 is 5.26. The normalized spacial score (nSPS) is 9.93. The topological polar surface area (TPSA) is 69.9 Å². The first-order chi connectivity index (χ1) is 6.74. The first-order valence-electron chi connectivity index (χ1n) is 4.44. The lowest BCUT2D eigenvalue weighted by Crippen LogP contribution is -2.29. The Balaban J connectivity index is 2.55. The standard InChI is InChI=1S/C9H13BO4/c11-5-2-6-14-9-4-1-3-8(7-9)10(12)13/h1,3-4,7,11-13H,2,5-6H2. The Morgan fingerprint density at radius 2 is 2.07 bits per heavy atom. The zero-order chi connectivity index (χ0) is 10.4. The van der Waals surface area contributed by atoms with Gasteiger partial charge in [0.2, 0.25) is 0 Å². The molecule has 1 rings (SSSR count). The van der Waals surface area contributed by atoms with Crippen LogP contribution >= 0.6 is 0 Å². The van der Waals surface area contributed by atoms with Gasteiger partial charge in [0.15, 0.2) is 0 Å². The molecule has 0 aliphatic heterocycles. The van der Waals surface area contributed by atoms with Gasteiger partial charge in [0.25, 0.3) is 0 Å². The number of aliphatic hydroxyl groups excluding tert-OH is 1. The molecule has 0 unspecified atom stereocenters. The van der Waals surface area contributed by atoms with Crippen LogP contribution in [0, 0.1) is 0 Å². The lowest BCUT2D eigenvalue weighted by molar-refractivity contribution is 0.233. The van der Waals surface area contributed by atoms with Crippen LogP contribution in [0.25, 0.3) is 0 Å². The van der Waals surface area contributed by atoms with Gasteiger partial charge in [0.1, 0.15) is 5.75 Å². The van der Waals surface area contributed by atoms with Crippen molar-refractivity contribution in [1.82, 2.24) is 0 Å². The lowest BCUT2D eigenvalue weighted by atomic mass is 9.80. The number of benzene rings is 1. The van der Waals surface area contributed by atoms with Crippen molar-refractivity contribution in [2.75, 3.05) is 13.2 Å². The highest BCUT2D eigenvalue weighted by Gasteiger charge is 2.10. The van der Waals surface area contributed by atoms with E-state index in [0.717, 1.165) is 0 Å². The minimum absolute atomic E-state index is 0.0856. The summed E-state index contributed by atoms with van der Waals surface area (Å²) in [5, 5.41) is 26.3. The van der Waals surface area contributed by atoms with Gasteiger partial charge in [0.05, 0.1) is 6.61 Å². The summed E-state index contributed by atoms with van der Waals surface area (Å²) in [5.41, 5.74) is 0.395. The predicted octanol–water partition coefficient (Wildman–Crippen LogP) is -0.872. The second-order valence-electron chi connectivity index (χ2n) is 2.87. The molecular weight excluding hydrogens is 183 g/mol. The fraction of sp³-hybridized carbons (Fsp3) is 0.333. The zero-order valence-corrected chi connectivity index (χ0v) is 7.76. The largest absolute Gasteiger partial charge is 0.494 e. The van der Waals surface area contributed by atoms with Crippen molar-refractivity contribution in [2.45, 2.75) is 6.42 Å². The van der Waals surface area contributed by atoms with Crippen LogP contribution in [0.5, 0.6) is 5.75 Å². The van der Waals surface area contributed by atoms with Crippen LogP contribution in [0.3, 0.4) is 0 Å². The molecule has 1 aromatic rings. The van der Waals surface area contributed by atoms with E-state index in [1.54, 1.807) is 24.3 Å². The van der Waals surface area contributed by atoms with E-state index in [-0.39, 0.29) is 6.61 Å². The number of hydrogen-bond acceptors (Lipinski definition) is 4. The third kappa shape index (κ3) is 3.37. The first-order valence-corrected chi connectivity index (χ1v) is 4.44. The molecule has 0 aliphatic carbocycles. The van der Waals surface area contributed by atoms with Gasteiger partial charge in [-0.2, -0.15) is 0 Å². The Morgan fingerprint density at radius 3 is 2.71 bits per heavy atom. The van der Waals surface area contributed by atoms with Crippen LogP contribution < -0.4 is 10.2 Å². The van der Waals surface area contributed by atoms with Gasteiger partial charge in [-0.05, 0) is 17.6 Å². The van der Waals surface area contributed by atoms with E-state index in [9.17, 15) is 0 Å². The summed E-state index contributed by atoms with van der Waals surface area (Å²) in [6.07, 6.45) is 0.561. The van der Waals surface area contributed by atoms with E-state index in [1.165, 1.54) is 0 Å². The molecule has 0 fully saturated rings. The molecule has 0 aliphatic rings. The van der Waals surface area contributed by atoms with Gasteiger partial charge in [-0.15, -0.1) is 0 Å². The maximum Gasteiger partial charge on any atom is 0.488 e. The van der Waals surface area contributed by atoms with Crippen LogP contribution in [0.4, 0.5) is 0 Å². The smallest absolute Gasteiger partial charge is 0.488 e. The Hall–Kier alpha value is -1.04. The molecule has 4 nitrogen and oxygen atoms in total. The van der Waals surface area contributed by atoms with Crippen LogP contribution in [0.2, 0.25) is 0 Å². The summed E-state index contributed by atoms with van der Waals surface area (Å²) >= 11 is 0. The number of aliphatic hydroxyl groups is 1. The molecule has 0 saturated heterocycles. The quantitative estimate of drug-likeness (QED) is 0.422. The lowest BCUT2D eigenvalue weighted by Gasteiger charge is -2.06. The van der Waals surface area contributed by atoms with Gasteiger partial charge in [-0.25, -0.2) is 0 Å². The van der Waals surface area contributed by atoms with E-state index in [2.05, 4.69) is 0 Å². The minimum Gasteiger partial charge on any atom is -0.494 e. The van der Waals surface area contributed by atoms with E-state index in [4.69, 9.17) is 19.9 Å². The van der Waals surface area contributed by atoms with Gasteiger partial charge in [0, 0.05) is 13.0 Å². The van der Waals surface area contributed by atoms with Crippen LogP contribution in [-0.4, -0.2) is 35.5 Å². The molecule has 0 saturated carbocycles. The number of ether oxygens (including phenoxy) is 1. The van der Waals surface area contributed by atoms with Crippen molar-refractivity contribution in [3.63, 3.8) is 0 Å². The van der Waals surface area contributed by atoms with Crippen molar-refractivity contribution in [3.8, 4) is 5.75 Å². The molecule has 0 bridgehead atoms. The molecule has 0 aromatic heterocycles. The SMILES string of the molecule is OCCCOc1cccc(B(O)O)c1. The molecule has 5 heteroatoms. The number of rotatable bonds is 5. The summed E-state index contributed by atoms with van der Waals surface area (Å²) in [7, 11) is -1.48. The second-order valence-corrected chi connectivity index (χ2v) is 2.87. The predicted molar refractivity (Wildman–Crippen MR) is 53.5 cm³/mol. The Morgan fingerprint density at radius 1 is 1.29 bits per heavy atom. The first kappa shape index (κ1) is 11.0. The second kappa shape index (κ2) is 5.64. The van der Waals surface area contributed by atoms with Gasteiger partial charge < -0.3 is 19.9 Å². The molecule has 76 valence electrons. The maximum absolute atomic E-state index is 8.88. The Kier molecular flexibility index (Phi) is 4.45. The molecular formula is C9H13BO4. The summed E-state index contributed by atoms with van der Waals surface area (Å²) in [6.45, 7) is 0.504. The molecule has 0 radical (unpaired) electrons. The average Bonchev–Trinajstić information content (AvgIpc) is 2.19. The van der Waals surface area contributed by atoms with Crippen LogP contribution in [0.15, 0.2) is 24.3 Å². The third-order valence-corrected chi connectivity index (χ3v) is 1.73. The molecule has 3 N–H and O–H groups in total. The monoisotopic (exact) mass is 196 g/mol. The van der Waals surface area contributed by atoms with Crippen LogP contribution in [0.1, 0.15) is 6.42 Å². The van der Waals surface area contributed by atoms with E-state index >= 15 is 0 Å². The van der Waals surface area contributed by atoms with Crippen molar-refractivity contribution in [3.05, 3.63) is 24.3 Å². The number of hydrogen-bond donors (Lipinski definition) is 3. The van der Waals surface area contributed by atoms with Crippen molar-refractivity contribution < 1.29 is 19.9 Å². The highest BCUT2D eigenvalue weighted by atomic mass is 16.5. The Labute approximate surface area is 82.9 Å². The van der Waals surface area contributed by atoms with Crippen LogP contribution in [-0.2, 0) is 0 Å². The zero-order valence-electron chi connectivity index (χ0n) is 7.76. The third-order valence-electron chi connectivity index (χ3n) is 1.73. The molecule has 0 atom stereocenters. The van der Waals surface area contributed by atoms with E-state index in [0.29, 0.717) is 24.2 Å². The van der Waals surface area contributed by atoms with Gasteiger partial charge in [-0.1, -0.05) is 12.1 Å². The molecule has 0 amide bonds. The summed E-state index contributed by atoms with van der Waals surface area (Å²) in [6, 6.07) is 6.57. The summed E-state index contributed by atoms with van der Waals surface area (Å²) in [5.74, 6) is 0.573. The highest BCUT2D eigenvalue weighted by Crippen LogP contribution is 2.07. The highest BCUT2D eigenvalue weighted by molar-refractivity contribution is 6.58. The van der Waals surface area contributed by atoms with Gasteiger partial charge >= 0.3 is 7.12 Å². The van der Waals surface area contributed by atoms with Crippen molar-refractivity contribution >= 4 is 12.6 Å². The summed E-state index contributed by atoms with van der Waals surface area (Å²) in [4.78, 5) is 0. The van der Waals surface area contributed by atoms with Crippen molar-refractivity contribution in [1.29, 1.82) is 0 Å². The van der Waals surface area contributed by atoms with E-state index < -0.39 is 7.12 Å². The minimum atomic E-state index is -1.48. The van der Waals surface area contributed by atoms with Gasteiger partial charge in [-0.3, -0.25) is 0 Å². The Bertz CT molecular complexity index is 277. The fourth-order valence-electron chi connectivity index (χ4n) is 1.02. The van der Waals surface area contributed by atoms with Crippen molar-refractivity contribution in [2.24, 2.45) is 0 Å². The molecule has 1 aromatic carbocycles. The fourth-order valence-corrected chi connectivity index (χ4v) is 1.02. The maximum atomic E-state index is 8.88. The molecule has 0 heterocycles. The average molecular weight is 196 g/mol. The molecule has 0 spiro atoms. The van der Waals surface area contributed by atoms with E-state index in [1.807, 2.05) is 0 Å². The molecule has 14 heavy (non-hydrogen) atoms.